The Balaban J connectivity index is 1.70. The number of anilines is 2. The molecule has 2 heterocycles. The van der Waals surface area contributed by atoms with Crippen LogP contribution in [0.5, 0.6) is 0 Å². The van der Waals surface area contributed by atoms with E-state index in [1.165, 1.54) is 30.5 Å². The zero-order chi connectivity index (χ0) is 18.7. The second-order valence-corrected chi connectivity index (χ2v) is 7.81. The van der Waals surface area contributed by atoms with Crippen LogP contribution in [0.3, 0.4) is 0 Å². The number of piperazine rings is 1. The minimum absolute atomic E-state index is 0.00866. The summed E-state index contributed by atoms with van der Waals surface area (Å²) in [5, 5.41) is 8.88. The molecule has 1 aliphatic heterocycles. The largest absolute Gasteiger partial charge is 0.478 e. The Morgan fingerprint density at radius 2 is 1.73 bits per heavy atom. The quantitative estimate of drug-likeness (QED) is 0.811. The molecule has 3 rings (SSSR count). The number of nitrogens with one attached hydrogen (secondary N) is 1. The predicted molar refractivity (Wildman–Crippen MR) is 98.2 cm³/mol. The van der Waals surface area contributed by atoms with Crippen molar-refractivity contribution < 1.29 is 18.3 Å². The van der Waals surface area contributed by atoms with E-state index >= 15 is 0 Å². The molecule has 2 N–H and O–H groups in total. The summed E-state index contributed by atoms with van der Waals surface area (Å²) in [5.41, 5.74) is 0.382. The molecule has 8 nitrogen and oxygen atoms in total. The maximum Gasteiger partial charge on any atom is 0.335 e. The summed E-state index contributed by atoms with van der Waals surface area (Å²) in [5.74, 6) is -0.294. The number of hydrogen-bond donors (Lipinski definition) is 2. The average Bonchev–Trinajstić information content (AvgIpc) is 2.63. The fourth-order valence-electron chi connectivity index (χ4n) is 2.66. The van der Waals surface area contributed by atoms with Crippen LogP contribution in [0.2, 0.25) is 0 Å². The molecular formula is C17H20N4O4S. The third-order valence-corrected chi connectivity index (χ3v) is 5.64. The highest BCUT2D eigenvalue weighted by Crippen LogP contribution is 2.19. The van der Waals surface area contributed by atoms with Crippen LogP contribution in [0.25, 0.3) is 0 Å². The summed E-state index contributed by atoms with van der Waals surface area (Å²) in [4.78, 5) is 19.6. The molecule has 0 unspecified atom stereocenters. The topological polar surface area (TPSA) is 103 Å². The standard InChI is InChI=1S/C17H20N4O4S/c1-20-8-10-21(11-9-20)16-7-4-14(12-18-16)19-26(24,25)15-5-2-13(3-6-15)17(22)23/h2-7,12,19H,8-11H2,1H3,(H,22,23). The van der Waals surface area contributed by atoms with Crippen molar-refractivity contribution in [1.29, 1.82) is 0 Å². The molecule has 0 atom stereocenters. The molecule has 9 heteroatoms. The van der Waals surface area contributed by atoms with E-state index in [1.54, 1.807) is 12.1 Å². The van der Waals surface area contributed by atoms with Gasteiger partial charge in [-0.3, -0.25) is 4.72 Å². The molecule has 1 aliphatic rings. The molecule has 2 aromatic rings. The van der Waals surface area contributed by atoms with Gasteiger partial charge in [-0.05, 0) is 43.4 Å². The lowest BCUT2D eigenvalue weighted by atomic mass is 10.2. The van der Waals surface area contributed by atoms with E-state index in [1.807, 2.05) is 0 Å². The molecule has 0 spiro atoms. The van der Waals surface area contributed by atoms with E-state index < -0.39 is 16.0 Å². The van der Waals surface area contributed by atoms with Crippen molar-refractivity contribution in [1.82, 2.24) is 9.88 Å². The van der Waals surface area contributed by atoms with Gasteiger partial charge in [0.1, 0.15) is 5.82 Å². The van der Waals surface area contributed by atoms with Crippen molar-refractivity contribution in [2.75, 3.05) is 42.8 Å². The van der Waals surface area contributed by atoms with Crippen LogP contribution < -0.4 is 9.62 Å². The van der Waals surface area contributed by atoms with Crippen molar-refractivity contribution >= 4 is 27.5 Å². The second kappa shape index (κ2) is 7.30. The molecule has 1 aromatic carbocycles. The van der Waals surface area contributed by atoms with Crippen LogP contribution in [0.4, 0.5) is 11.5 Å². The molecule has 138 valence electrons. The predicted octanol–water partition coefficient (Wildman–Crippen LogP) is 1.33. The number of likely N-dealkylation sites (N-methyl/N-ethyl adjacent to an activating group) is 1. The molecule has 0 bridgehead atoms. The highest BCUT2D eigenvalue weighted by molar-refractivity contribution is 7.92. The fourth-order valence-corrected chi connectivity index (χ4v) is 3.70. The summed E-state index contributed by atoms with van der Waals surface area (Å²) in [6.07, 6.45) is 1.48. The molecule has 1 saturated heterocycles. The summed E-state index contributed by atoms with van der Waals surface area (Å²) >= 11 is 0. The number of carboxylic acids is 1. The van der Waals surface area contributed by atoms with Crippen LogP contribution in [0.1, 0.15) is 10.4 Å². The number of carbonyl (C=O) groups is 1. The lowest BCUT2D eigenvalue weighted by Crippen LogP contribution is -2.44. The first-order valence-corrected chi connectivity index (χ1v) is 9.59. The number of nitrogens with zero attached hydrogens (tertiary/aromatic N) is 3. The van der Waals surface area contributed by atoms with Crippen LogP contribution in [0, 0.1) is 0 Å². The molecular weight excluding hydrogens is 356 g/mol. The first kappa shape index (κ1) is 18.2. The van der Waals surface area contributed by atoms with Gasteiger partial charge >= 0.3 is 5.97 Å². The number of hydrogen-bond acceptors (Lipinski definition) is 6. The summed E-state index contributed by atoms with van der Waals surface area (Å²) < 4.78 is 27.3. The van der Waals surface area contributed by atoms with Crippen molar-refractivity contribution in [3.8, 4) is 0 Å². The van der Waals surface area contributed by atoms with Crippen LogP contribution in [0.15, 0.2) is 47.5 Å². The van der Waals surface area contributed by atoms with Gasteiger partial charge < -0.3 is 14.9 Å². The summed E-state index contributed by atoms with van der Waals surface area (Å²) in [6, 6.07) is 8.49. The van der Waals surface area contributed by atoms with Crippen molar-refractivity contribution in [3.05, 3.63) is 48.2 Å². The number of sulfonamides is 1. The van der Waals surface area contributed by atoms with Gasteiger partial charge in [-0.15, -0.1) is 0 Å². The number of aromatic nitrogens is 1. The van der Waals surface area contributed by atoms with Gasteiger partial charge in [-0.2, -0.15) is 0 Å². The Morgan fingerprint density at radius 1 is 1.08 bits per heavy atom. The fraction of sp³-hybridized carbons (Fsp3) is 0.294. The normalized spacial score (nSPS) is 15.7. The maximum atomic E-state index is 12.4. The van der Waals surface area contributed by atoms with E-state index in [4.69, 9.17) is 5.11 Å². The third-order valence-electron chi connectivity index (χ3n) is 4.24. The molecule has 1 aromatic heterocycles. The third kappa shape index (κ3) is 4.12. The monoisotopic (exact) mass is 376 g/mol. The lowest BCUT2D eigenvalue weighted by molar-refractivity contribution is 0.0696. The number of aromatic carboxylic acids is 1. The Labute approximate surface area is 152 Å². The van der Waals surface area contributed by atoms with Crippen LogP contribution in [-0.4, -0.2) is 62.6 Å². The van der Waals surface area contributed by atoms with E-state index in [0.717, 1.165) is 32.0 Å². The molecule has 0 aliphatic carbocycles. The van der Waals surface area contributed by atoms with Crippen LogP contribution >= 0.6 is 0 Å². The molecule has 1 fully saturated rings. The smallest absolute Gasteiger partial charge is 0.335 e. The number of benzene rings is 1. The Kier molecular flexibility index (Phi) is 5.10. The zero-order valence-corrected chi connectivity index (χ0v) is 15.1. The summed E-state index contributed by atoms with van der Waals surface area (Å²) in [6.45, 7) is 3.68. The van der Waals surface area contributed by atoms with E-state index in [9.17, 15) is 13.2 Å². The van der Waals surface area contributed by atoms with Gasteiger partial charge in [0.2, 0.25) is 0 Å². The Hall–Kier alpha value is -2.65. The molecule has 0 amide bonds. The SMILES string of the molecule is CN1CCN(c2ccc(NS(=O)(=O)c3ccc(C(=O)O)cc3)cn2)CC1. The zero-order valence-electron chi connectivity index (χ0n) is 14.3. The van der Waals surface area contributed by atoms with Gasteiger partial charge in [0.25, 0.3) is 10.0 Å². The van der Waals surface area contributed by atoms with Crippen molar-refractivity contribution in [2.45, 2.75) is 4.90 Å². The van der Waals surface area contributed by atoms with E-state index in [2.05, 4.69) is 26.6 Å². The minimum atomic E-state index is -3.80. The maximum absolute atomic E-state index is 12.4. The molecule has 26 heavy (non-hydrogen) atoms. The van der Waals surface area contributed by atoms with Crippen molar-refractivity contribution in [2.24, 2.45) is 0 Å². The van der Waals surface area contributed by atoms with E-state index in [0.29, 0.717) is 5.69 Å². The first-order chi connectivity index (χ1) is 12.3. The van der Waals surface area contributed by atoms with Gasteiger partial charge in [0.15, 0.2) is 0 Å². The first-order valence-electron chi connectivity index (χ1n) is 8.11. The van der Waals surface area contributed by atoms with Crippen LogP contribution in [-0.2, 0) is 10.0 Å². The average molecular weight is 376 g/mol. The highest BCUT2D eigenvalue weighted by Gasteiger charge is 2.17. The van der Waals surface area contributed by atoms with E-state index in [-0.39, 0.29) is 10.5 Å². The highest BCUT2D eigenvalue weighted by atomic mass is 32.2. The van der Waals surface area contributed by atoms with Gasteiger partial charge in [-0.1, -0.05) is 0 Å². The molecule has 0 radical (unpaired) electrons. The summed E-state index contributed by atoms with van der Waals surface area (Å²) in [7, 11) is -1.73. The Morgan fingerprint density at radius 3 is 2.27 bits per heavy atom. The van der Waals surface area contributed by atoms with Gasteiger partial charge in [0.05, 0.1) is 22.3 Å². The van der Waals surface area contributed by atoms with Crippen molar-refractivity contribution in [3.63, 3.8) is 0 Å². The number of pyridine rings is 1. The number of carboxylic acid groups (broad SMARTS) is 1. The molecule has 0 saturated carbocycles. The van der Waals surface area contributed by atoms with Gasteiger partial charge in [0, 0.05) is 26.2 Å². The van der Waals surface area contributed by atoms with Gasteiger partial charge in [-0.25, -0.2) is 18.2 Å². The minimum Gasteiger partial charge on any atom is -0.478 e. The number of rotatable bonds is 5. The lowest BCUT2D eigenvalue weighted by Gasteiger charge is -2.33. The Bertz CT molecular complexity index is 874. The second-order valence-electron chi connectivity index (χ2n) is 6.13.